The third kappa shape index (κ3) is 2.19. The van der Waals surface area contributed by atoms with E-state index in [1.165, 1.54) is 6.07 Å². The quantitative estimate of drug-likeness (QED) is 0.678. The van der Waals surface area contributed by atoms with Crippen LogP contribution in [0, 0.1) is 10.1 Å². The largest absolute Gasteiger partial charge is 0.394 e. The van der Waals surface area contributed by atoms with Gasteiger partial charge in [0.1, 0.15) is 12.2 Å². The van der Waals surface area contributed by atoms with Gasteiger partial charge in [0, 0.05) is 18.9 Å². The number of benzene rings is 1. The van der Waals surface area contributed by atoms with Gasteiger partial charge in [-0.3, -0.25) is 10.1 Å². The minimum absolute atomic E-state index is 0.00889. The van der Waals surface area contributed by atoms with E-state index in [2.05, 4.69) is 0 Å². The van der Waals surface area contributed by atoms with Crippen molar-refractivity contribution in [2.75, 3.05) is 6.61 Å². The van der Waals surface area contributed by atoms with Gasteiger partial charge in [-0.05, 0) is 18.9 Å². The molecule has 1 heterocycles. The molecule has 0 amide bonds. The molecule has 20 heavy (non-hydrogen) atoms. The van der Waals surface area contributed by atoms with E-state index in [-0.39, 0.29) is 12.3 Å². The third-order valence-corrected chi connectivity index (χ3v) is 4.03. The lowest BCUT2D eigenvalue weighted by Crippen LogP contribution is -2.27. The average Bonchev–Trinajstić information content (AvgIpc) is 3.06. The summed E-state index contributed by atoms with van der Waals surface area (Å²) in [6.07, 6.45) is 2.46. The maximum atomic E-state index is 11.1. The second-order valence-electron chi connectivity index (χ2n) is 5.31. The summed E-state index contributed by atoms with van der Waals surface area (Å²) in [6, 6.07) is 6.48. The van der Waals surface area contributed by atoms with Crippen LogP contribution in [0.15, 0.2) is 24.3 Å². The highest BCUT2D eigenvalue weighted by Crippen LogP contribution is 2.48. The van der Waals surface area contributed by atoms with Crippen molar-refractivity contribution in [3.05, 3.63) is 39.9 Å². The molecule has 108 valence electrons. The Kier molecular flexibility index (Phi) is 3.45. The van der Waals surface area contributed by atoms with E-state index < -0.39 is 22.9 Å². The number of para-hydroxylation sites is 1. The predicted molar refractivity (Wildman–Crippen MR) is 70.1 cm³/mol. The summed E-state index contributed by atoms with van der Waals surface area (Å²) in [5.41, 5.74) is 0.481. The first-order valence-corrected chi connectivity index (χ1v) is 6.85. The molecule has 1 aliphatic heterocycles. The Balaban J connectivity index is 1.94. The summed E-state index contributed by atoms with van der Waals surface area (Å²) in [7, 11) is 0. The minimum Gasteiger partial charge on any atom is -0.394 e. The van der Waals surface area contributed by atoms with Gasteiger partial charge in [0.05, 0.1) is 17.1 Å². The fraction of sp³-hybridized carbons (Fsp3) is 0.571. The van der Waals surface area contributed by atoms with Crippen molar-refractivity contribution in [3.8, 4) is 0 Å². The number of hydrogen-bond acceptors (Lipinski definition) is 5. The number of rotatable bonds is 3. The normalized spacial score (nSPS) is 28.1. The van der Waals surface area contributed by atoms with E-state index in [4.69, 9.17) is 9.47 Å². The maximum absolute atomic E-state index is 11.1. The molecule has 1 N–H and O–H groups in total. The minimum atomic E-state index is -0.665. The van der Waals surface area contributed by atoms with E-state index in [0.29, 0.717) is 5.56 Å². The van der Waals surface area contributed by atoms with Crippen molar-refractivity contribution in [2.45, 2.75) is 43.7 Å². The third-order valence-electron chi connectivity index (χ3n) is 4.03. The molecule has 0 bridgehead atoms. The van der Waals surface area contributed by atoms with E-state index in [1.807, 2.05) is 0 Å². The topological polar surface area (TPSA) is 81.8 Å². The van der Waals surface area contributed by atoms with Gasteiger partial charge in [0.25, 0.3) is 5.69 Å². The molecule has 0 unspecified atom stereocenters. The van der Waals surface area contributed by atoms with Gasteiger partial charge in [-0.2, -0.15) is 0 Å². The van der Waals surface area contributed by atoms with Crippen molar-refractivity contribution in [3.63, 3.8) is 0 Å². The molecule has 6 nitrogen and oxygen atoms in total. The van der Waals surface area contributed by atoms with Gasteiger partial charge in [-0.1, -0.05) is 12.1 Å². The molecule has 1 aromatic carbocycles. The van der Waals surface area contributed by atoms with Crippen LogP contribution in [0.1, 0.15) is 37.4 Å². The highest BCUT2D eigenvalue weighted by Gasteiger charge is 2.50. The fourth-order valence-corrected chi connectivity index (χ4v) is 3.11. The number of hydrogen-bond donors (Lipinski definition) is 1. The van der Waals surface area contributed by atoms with Crippen molar-refractivity contribution < 1.29 is 19.5 Å². The van der Waals surface area contributed by atoms with Crippen molar-refractivity contribution in [1.82, 2.24) is 0 Å². The summed E-state index contributed by atoms with van der Waals surface area (Å²) < 4.78 is 11.9. The van der Waals surface area contributed by atoms with Crippen LogP contribution < -0.4 is 0 Å². The lowest BCUT2D eigenvalue weighted by atomic mass is 10.0. The number of aliphatic hydroxyl groups excluding tert-OH is 1. The Hall–Kier alpha value is -1.50. The molecule has 3 rings (SSSR count). The highest BCUT2D eigenvalue weighted by molar-refractivity contribution is 5.42. The van der Waals surface area contributed by atoms with Crippen LogP contribution in [0.2, 0.25) is 0 Å². The van der Waals surface area contributed by atoms with E-state index in [0.717, 1.165) is 25.7 Å². The molecular formula is C14H17NO5. The second-order valence-corrected chi connectivity index (χ2v) is 5.31. The zero-order valence-corrected chi connectivity index (χ0v) is 11.0. The van der Waals surface area contributed by atoms with E-state index in [9.17, 15) is 15.2 Å². The smallest absolute Gasteiger partial charge is 0.275 e. The molecule has 0 radical (unpaired) electrons. The maximum Gasteiger partial charge on any atom is 0.275 e. The van der Waals surface area contributed by atoms with Crippen LogP contribution >= 0.6 is 0 Å². The lowest BCUT2D eigenvalue weighted by Gasteiger charge is -2.21. The molecule has 2 fully saturated rings. The summed E-state index contributed by atoms with van der Waals surface area (Å²) in [5, 5.41) is 20.6. The van der Waals surface area contributed by atoms with Gasteiger partial charge in [0.15, 0.2) is 5.79 Å². The molecule has 2 atom stereocenters. The average molecular weight is 279 g/mol. The first-order chi connectivity index (χ1) is 9.65. The number of ether oxygens (including phenoxy) is 2. The van der Waals surface area contributed by atoms with Gasteiger partial charge in [-0.15, -0.1) is 0 Å². The molecule has 1 aromatic rings. The zero-order chi connectivity index (χ0) is 14.2. The van der Waals surface area contributed by atoms with Crippen LogP contribution in [-0.4, -0.2) is 28.5 Å². The second kappa shape index (κ2) is 5.12. The van der Waals surface area contributed by atoms with Crippen molar-refractivity contribution in [2.24, 2.45) is 0 Å². The Morgan fingerprint density at radius 1 is 1.30 bits per heavy atom. The molecule has 0 aromatic heterocycles. The fourth-order valence-electron chi connectivity index (χ4n) is 3.11. The molecule has 1 saturated heterocycles. The van der Waals surface area contributed by atoms with E-state index >= 15 is 0 Å². The molecule has 1 saturated carbocycles. The molecule has 2 aliphatic rings. The molecular weight excluding hydrogens is 262 g/mol. The summed E-state index contributed by atoms with van der Waals surface area (Å²) in [5.74, 6) is -0.665. The van der Waals surface area contributed by atoms with Gasteiger partial charge < -0.3 is 14.6 Å². The van der Waals surface area contributed by atoms with Gasteiger partial charge >= 0.3 is 0 Å². The van der Waals surface area contributed by atoms with Crippen molar-refractivity contribution >= 4 is 5.69 Å². The first-order valence-electron chi connectivity index (χ1n) is 6.85. The number of nitro groups is 1. The SMILES string of the molecule is O=[N+]([O-])c1ccccc1[C@@H]1OC2(CCCC2)O[C@H]1CO. The Morgan fingerprint density at radius 2 is 2.00 bits per heavy atom. The Morgan fingerprint density at radius 3 is 2.65 bits per heavy atom. The lowest BCUT2D eigenvalue weighted by molar-refractivity contribution is -0.386. The monoisotopic (exact) mass is 279 g/mol. The number of nitrogens with zero attached hydrogens (tertiary/aromatic N) is 1. The zero-order valence-electron chi connectivity index (χ0n) is 11.0. The molecule has 1 aliphatic carbocycles. The molecule has 6 heteroatoms. The van der Waals surface area contributed by atoms with E-state index in [1.54, 1.807) is 18.2 Å². The van der Waals surface area contributed by atoms with Gasteiger partial charge in [0.2, 0.25) is 0 Å². The van der Waals surface area contributed by atoms with Crippen LogP contribution in [-0.2, 0) is 9.47 Å². The number of aliphatic hydroxyl groups is 1. The number of nitro benzene ring substituents is 1. The highest BCUT2D eigenvalue weighted by atomic mass is 16.8. The summed E-state index contributed by atoms with van der Waals surface area (Å²) >= 11 is 0. The summed E-state index contributed by atoms with van der Waals surface area (Å²) in [4.78, 5) is 10.7. The van der Waals surface area contributed by atoms with Crippen LogP contribution in [0.25, 0.3) is 0 Å². The van der Waals surface area contributed by atoms with Crippen LogP contribution in [0.4, 0.5) is 5.69 Å². The Bertz CT molecular complexity index is 512. The predicted octanol–water partition coefficient (Wildman–Crippen LogP) is 2.31. The Labute approximate surface area is 116 Å². The van der Waals surface area contributed by atoms with Crippen LogP contribution in [0.5, 0.6) is 0 Å². The van der Waals surface area contributed by atoms with Crippen molar-refractivity contribution in [1.29, 1.82) is 0 Å². The van der Waals surface area contributed by atoms with Crippen LogP contribution in [0.3, 0.4) is 0 Å². The summed E-state index contributed by atoms with van der Waals surface area (Å²) in [6.45, 7) is -0.210. The molecule has 1 spiro atoms. The standard InChI is InChI=1S/C14H17NO5/c16-9-12-13(20-14(19-12)7-3-4-8-14)10-5-1-2-6-11(10)15(17)18/h1-2,5-6,12-13,16H,3-4,7-9H2/t12-,13-/m0/s1. The first kappa shape index (κ1) is 13.5. The van der Waals surface area contributed by atoms with Gasteiger partial charge in [-0.25, -0.2) is 0 Å².